The van der Waals surface area contributed by atoms with Crippen molar-refractivity contribution in [2.75, 3.05) is 18.8 Å². The molecule has 0 unspecified atom stereocenters. The fourth-order valence-corrected chi connectivity index (χ4v) is 2.81. The minimum atomic E-state index is -0.419. The number of carbonyl (C=O) groups excluding carboxylic acids is 1. The Morgan fingerprint density at radius 2 is 2.05 bits per heavy atom. The average molecular weight is 283 g/mol. The van der Waals surface area contributed by atoms with E-state index in [1.54, 1.807) is 0 Å². The second kappa shape index (κ2) is 6.60. The van der Waals surface area contributed by atoms with Gasteiger partial charge in [0.1, 0.15) is 0 Å². The molecule has 0 atom stereocenters. The normalized spacial score (nSPS) is 16.1. The first-order chi connectivity index (χ1) is 9.15. The Bertz CT molecular complexity index is 495. The van der Waals surface area contributed by atoms with Crippen molar-refractivity contribution >= 4 is 17.7 Å². The molecule has 0 spiro atoms. The van der Waals surface area contributed by atoms with E-state index in [0.717, 1.165) is 43.8 Å². The molecule has 19 heavy (non-hydrogen) atoms. The van der Waals surface area contributed by atoms with Gasteiger partial charge in [-0.25, -0.2) is 0 Å². The molecule has 1 saturated heterocycles. The van der Waals surface area contributed by atoms with E-state index in [1.807, 2.05) is 4.90 Å². The van der Waals surface area contributed by atoms with Gasteiger partial charge >= 0.3 is 0 Å². The van der Waals surface area contributed by atoms with Gasteiger partial charge in [-0.2, -0.15) is 4.98 Å². The summed E-state index contributed by atoms with van der Waals surface area (Å²) < 4.78 is 0. The third-order valence-corrected chi connectivity index (χ3v) is 3.86. The number of aromatic hydroxyl groups is 1. The number of carbonyl (C=O) groups is 1. The number of hydrogen-bond acceptors (Lipinski definition) is 5. The largest absolute Gasteiger partial charge is 0.493 e. The van der Waals surface area contributed by atoms with Crippen LogP contribution in [0.1, 0.15) is 25.7 Å². The van der Waals surface area contributed by atoms with Crippen molar-refractivity contribution in [3.05, 3.63) is 16.4 Å². The molecule has 2 N–H and O–H groups in total. The summed E-state index contributed by atoms with van der Waals surface area (Å²) in [5.74, 6) is -0.0433. The highest BCUT2D eigenvalue weighted by Gasteiger charge is 2.16. The van der Waals surface area contributed by atoms with Crippen LogP contribution in [0.2, 0.25) is 0 Å². The van der Waals surface area contributed by atoms with Crippen LogP contribution in [-0.4, -0.2) is 44.7 Å². The summed E-state index contributed by atoms with van der Waals surface area (Å²) in [5.41, 5.74) is -0.419. The Morgan fingerprint density at radius 1 is 1.37 bits per heavy atom. The van der Waals surface area contributed by atoms with Gasteiger partial charge in [-0.05, 0) is 12.8 Å². The van der Waals surface area contributed by atoms with E-state index in [4.69, 9.17) is 0 Å². The van der Waals surface area contributed by atoms with Crippen LogP contribution in [-0.2, 0) is 4.79 Å². The molecule has 1 aliphatic heterocycles. The van der Waals surface area contributed by atoms with Crippen LogP contribution in [0.25, 0.3) is 0 Å². The summed E-state index contributed by atoms with van der Waals surface area (Å²) in [5, 5.41) is 9.48. The van der Waals surface area contributed by atoms with Crippen molar-refractivity contribution in [3.63, 3.8) is 0 Å². The molecule has 1 aromatic heterocycles. The topological polar surface area (TPSA) is 86.3 Å². The molecule has 1 fully saturated rings. The molecule has 6 nitrogen and oxygen atoms in total. The standard InChI is InChI=1S/C12H17N3O3S/c16-9-7-10(17)14-12(13-9)19-8-11(18)15-5-3-1-2-4-6-15/h7H,1-6,8H2,(H2,13,14,16,17). The molecule has 0 saturated carbocycles. The molecule has 1 aromatic rings. The Balaban J connectivity index is 1.90. The number of aromatic amines is 1. The lowest BCUT2D eigenvalue weighted by Gasteiger charge is -2.19. The number of rotatable bonds is 3. The molecule has 7 heteroatoms. The molecule has 0 aliphatic carbocycles. The molecular weight excluding hydrogens is 266 g/mol. The lowest BCUT2D eigenvalue weighted by molar-refractivity contribution is -0.128. The van der Waals surface area contributed by atoms with Crippen molar-refractivity contribution in [2.24, 2.45) is 0 Å². The zero-order valence-corrected chi connectivity index (χ0v) is 11.4. The Kier molecular flexibility index (Phi) is 4.84. The van der Waals surface area contributed by atoms with E-state index in [2.05, 4.69) is 9.97 Å². The maximum atomic E-state index is 12.0. The number of thioether (sulfide) groups is 1. The summed E-state index contributed by atoms with van der Waals surface area (Å²) in [6.45, 7) is 1.62. The van der Waals surface area contributed by atoms with Crippen LogP contribution in [0.3, 0.4) is 0 Å². The second-order valence-corrected chi connectivity index (χ2v) is 5.46. The van der Waals surface area contributed by atoms with E-state index in [0.29, 0.717) is 0 Å². The van der Waals surface area contributed by atoms with E-state index in [9.17, 15) is 14.7 Å². The predicted octanol–water partition coefficient (Wildman–Crippen LogP) is 0.970. The van der Waals surface area contributed by atoms with Crippen LogP contribution < -0.4 is 5.56 Å². The molecule has 1 aliphatic rings. The van der Waals surface area contributed by atoms with Crippen LogP contribution in [0.5, 0.6) is 5.88 Å². The van der Waals surface area contributed by atoms with E-state index < -0.39 is 5.56 Å². The van der Waals surface area contributed by atoms with Crippen molar-refractivity contribution in [2.45, 2.75) is 30.8 Å². The fraction of sp³-hybridized carbons (Fsp3) is 0.583. The van der Waals surface area contributed by atoms with Gasteiger partial charge < -0.3 is 15.0 Å². The van der Waals surface area contributed by atoms with E-state index >= 15 is 0 Å². The molecule has 1 amide bonds. The zero-order valence-electron chi connectivity index (χ0n) is 10.6. The van der Waals surface area contributed by atoms with Gasteiger partial charge in [0.2, 0.25) is 11.8 Å². The number of nitrogens with one attached hydrogen (secondary N) is 1. The van der Waals surface area contributed by atoms with Crippen LogP contribution >= 0.6 is 11.8 Å². The minimum Gasteiger partial charge on any atom is -0.493 e. The molecular formula is C12H17N3O3S. The van der Waals surface area contributed by atoms with Crippen LogP contribution in [0.15, 0.2) is 16.0 Å². The highest BCUT2D eigenvalue weighted by atomic mass is 32.2. The Morgan fingerprint density at radius 3 is 2.68 bits per heavy atom. The lowest BCUT2D eigenvalue weighted by atomic mass is 10.2. The fourth-order valence-electron chi connectivity index (χ4n) is 2.03. The maximum absolute atomic E-state index is 12.0. The lowest BCUT2D eigenvalue weighted by Crippen LogP contribution is -2.33. The number of aromatic nitrogens is 2. The number of amides is 1. The van der Waals surface area contributed by atoms with Gasteiger partial charge in [0.25, 0.3) is 5.56 Å². The van der Waals surface area contributed by atoms with Crippen molar-refractivity contribution in [3.8, 4) is 5.88 Å². The van der Waals surface area contributed by atoms with Crippen molar-refractivity contribution in [1.82, 2.24) is 14.9 Å². The zero-order chi connectivity index (χ0) is 13.7. The highest BCUT2D eigenvalue weighted by molar-refractivity contribution is 7.99. The summed E-state index contributed by atoms with van der Waals surface area (Å²) >= 11 is 1.14. The highest BCUT2D eigenvalue weighted by Crippen LogP contribution is 2.16. The molecule has 0 radical (unpaired) electrons. The van der Waals surface area contributed by atoms with Crippen LogP contribution in [0, 0.1) is 0 Å². The summed E-state index contributed by atoms with van der Waals surface area (Å²) in [7, 11) is 0. The van der Waals surface area contributed by atoms with E-state index in [-0.39, 0.29) is 22.7 Å². The molecule has 104 valence electrons. The summed E-state index contributed by atoms with van der Waals surface area (Å²) in [4.78, 5) is 31.3. The van der Waals surface area contributed by atoms with E-state index in [1.165, 1.54) is 12.8 Å². The SMILES string of the molecule is O=C(CSc1nc(O)cc(=O)[nH]1)N1CCCCCC1. The Labute approximate surface area is 115 Å². The number of H-pyrrole nitrogens is 1. The number of hydrogen-bond donors (Lipinski definition) is 2. The van der Waals surface area contributed by atoms with Crippen LogP contribution in [0.4, 0.5) is 0 Å². The quantitative estimate of drug-likeness (QED) is 0.637. The van der Waals surface area contributed by atoms with Crippen molar-refractivity contribution < 1.29 is 9.90 Å². The maximum Gasteiger partial charge on any atom is 0.255 e. The van der Waals surface area contributed by atoms with Gasteiger partial charge in [0, 0.05) is 13.1 Å². The van der Waals surface area contributed by atoms with Gasteiger partial charge in [-0.3, -0.25) is 9.59 Å². The predicted molar refractivity (Wildman–Crippen MR) is 72.3 cm³/mol. The number of likely N-dealkylation sites (tertiary alicyclic amines) is 1. The summed E-state index contributed by atoms with van der Waals surface area (Å²) in [6.07, 6.45) is 4.46. The minimum absolute atomic E-state index is 0.0536. The van der Waals surface area contributed by atoms with Gasteiger partial charge in [0.15, 0.2) is 5.16 Å². The third-order valence-electron chi connectivity index (χ3n) is 3.00. The first kappa shape index (κ1) is 13.9. The summed E-state index contributed by atoms with van der Waals surface area (Å²) in [6, 6.07) is 1.00. The smallest absolute Gasteiger partial charge is 0.255 e. The first-order valence-electron chi connectivity index (χ1n) is 6.36. The van der Waals surface area contributed by atoms with Gasteiger partial charge in [-0.15, -0.1) is 0 Å². The average Bonchev–Trinajstić information content (AvgIpc) is 2.63. The third kappa shape index (κ3) is 4.27. The van der Waals surface area contributed by atoms with Crippen molar-refractivity contribution in [1.29, 1.82) is 0 Å². The first-order valence-corrected chi connectivity index (χ1v) is 7.34. The molecule has 2 rings (SSSR count). The molecule has 0 bridgehead atoms. The van der Waals surface area contributed by atoms with Gasteiger partial charge in [-0.1, -0.05) is 24.6 Å². The Hall–Kier alpha value is -1.50. The monoisotopic (exact) mass is 283 g/mol. The second-order valence-electron chi connectivity index (χ2n) is 4.49. The molecule has 0 aromatic carbocycles. The molecule has 2 heterocycles. The number of nitrogens with zero attached hydrogens (tertiary/aromatic N) is 2. The van der Waals surface area contributed by atoms with Gasteiger partial charge in [0.05, 0.1) is 11.8 Å².